The summed E-state index contributed by atoms with van der Waals surface area (Å²) in [6.45, 7) is 4.29. The van der Waals surface area contributed by atoms with Gasteiger partial charge in [-0.05, 0) is 49.6 Å². The molecule has 2 aromatic carbocycles. The molecule has 0 radical (unpaired) electrons. The average Bonchev–Trinajstić information content (AvgIpc) is 2.74. The molecule has 1 aliphatic rings. The van der Waals surface area contributed by atoms with Crippen LogP contribution < -0.4 is 15.1 Å². The van der Waals surface area contributed by atoms with Gasteiger partial charge in [0.2, 0.25) is 5.91 Å². The lowest BCUT2D eigenvalue weighted by Gasteiger charge is -2.24. The quantitative estimate of drug-likeness (QED) is 0.703. The van der Waals surface area contributed by atoms with Gasteiger partial charge in [-0.1, -0.05) is 18.2 Å². The Morgan fingerprint density at radius 3 is 2.87 bits per heavy atom. The third kappa shape index (κ3) is 5.23. The van der Waals surface area contributed by atoms with Crippen molar-refractivity contribution in [2.24, 2.45) is 5.10 Å². The topological polar surface area (TPSA) is 94.8 Å². The van der Waals surface area contributed by atoms with E-state index in [-0.39, 0.29) is 24.7 Å². The molecule has 2 aromatic rings. The molecule has 0 unspecified atom stereocenters. The fourth-order valence-electron chi connectivity index (χ4n) is 3.06. The summed E-state index contributed by atoms with van der Waals surface area (Å²) >= 11 is 0. The zero-order valence-electron chi connectivity index (χ0n) is 17.1. The summed E-state index contributed by atoms with van der Waals surface area (Å²) < 4.78 is 5.60. The fraction of sp³-hybridized carbons (Fsp3) is 0.304. The van der Waals surface area contributed by atoms with Gasteiger partial charge in [0, 0.05) is 31.0 Å². The van der Waals surface area contributed by atoms with Crippen LogP contribution in [0.2, 0.25) is 0 Å². The highest BCUT2D eigenvalue weighted by molar-refractivity contribution is 6.44. The molecule has 1 heterocycles. The van der Waals surface area contributed by atoms with Crippen LogP contribution in [0.3, 0.4) is 0 Å². The van der Waals surface area contributed by atoms with Crippen LogP contribution in [0.1, 0.15) is 36.8 Å². The number of carbonyl (C=O) groups is 2. The summed E-state index contributed by atoms with van der Waals surface area (Å²) in [6, 6.07) is 14.9. The van der Waals surface area contributed by atoms with Crippen molar-refractivity contribution in [1.29, 1.82) is 5.26 Å². The van der Waals surface area contributed by atoms with Crippen molar-refractivity contribution < 1.29 is 14.3 Å². The second-order valence-corrected chi connectivity index (χ2v) is 7.13. The third-order valence-electron chi connectivity index (χ3n) is 4.68. The minimum Gasteiger partial charge on any atom is -0.493 e. The van der Waals surface area contributed by atoms with Gasteiger partial charge in [-0.3, -0.25) is 9.59 Å². The number of carbonyl (C=O) groups excluding carboxylic acids is 2. The molecule has 0 bridgehead atoms. The van der Waals surface area contributed by atoms with Crippen molar-refractivity contribution in [3.63, 3.8) is 0 Å². The Balaban J connectivity index is 1.73. The number of anilines is 2. The molecule has 1 aliphatic heterocycles. The second-order valence-electron chi connectivity index (χ2n) is 7.13. The molecule has 7 nitrogen and oxygen atoms in total. The molecule has 0 spiro atoms. The molecule has 0 saturated heterocycles. The largest absolute Gasteiger partial charge is 0.493 e. The molecule has 7 heteroatoms. The van der Waals surface area contributed by atoms with Crippen molar-refractivity contribution in [2.45, 2.75) is 39.5 Å². The zero-order chi connectivity index (χ0) is 21.5. The van der Waals surface area contributed by atoms with Crippen LogP contribution >= 0.6 is 0 Å². The number of ether oxygens (including phenoxy) is 1. The summed E-state index contributed by atoms with van der Waals surface area (Å²) in [7, 11) is 0. The highest BCUT2D eigenvalue weighted by Gasteiger charge is 2.26. The van der Waals surface area contributed by atoms with E-state index in [0.717, 1.165) is 11.1 Å². The SMILES string of the molecule is Cc1ccc(C)c(N2N=C(C(=O)Nc3cccc(OCCCC#N)c3)CCC2=O)c1. The van der Waals surface area contributed by atoms with Crippen molar-refractivity contribution in [3.05, 3.63) is 53.6 Å². The normalized spacial score (nSPS) is 13.4. The van der Waals surface area contributed by atoms with E-state index < -0.39 is 0 Å². The minimum atomic E-state index is -0.348. The molecule has 0 atom stereocenters. The Morgan fingerprint density at radius 1 is 1.23 bits per heavy atom. The number of nitrogens with zero attached hydrogens (tertiary/aromatic N) is 3. The molecular formula is C23H24N4O3. The van der Waals surface area contributed by atoms with Crippen molar-refractivity contribution in [3.8, 4) is 11.8 Å². The Labute approximate surface area is 176 Å². The van der Waals surface area contributed by atoms with E-state index in [4.69, 9.17) is 10.00 Å². The van der Waals surface area contributed by atoms with Crippen molar-refractivity contribution in [2.75, 3.05) is 16.9 Å². The van der Waals surface area contributed by atoms with Gasteiger partial charge in [0.1, 0.15) is 11.5 Å². The Bertz CT molecular complexity index is 1020. The van der Waals surface area contributed by atoms with Crippen LogP contribution in [0.4, 0.5) is 11.4 Å². The van der Waals surface area contributed by atoms with E-state index in [9.17, 15) is 9.59 Å². The van der Waals surface area contributed by atoms with E-state index in [0.29, 0.717) is 42.3 Å². The van der Waals surface area contributed by atoms with E-state index in [1.54, 1.807) is 24.3 Å². The number of nitriles is 1. The van der Waals surface area contributed by atoms with E-state index in [1.807, 2.05) is 32.0 Å². The van der Waals surface area contributed by atoms with Gasteiger partial charge in [-0.25, -0.2) is 5.01 Å². The highest BCUT2D eigenvalue weighted by Crippen LogP contribution is 2.26. The van der Waals surface area contributed by atoms with Crippen molar-refractivity contribution >= 4 is 28.9 Å². The van der Waals surface area contributed by atoms with Crippen LogP contribution in [0, 0.1) is 25.2 Å². The summed E-state index contributed by atoms with van der Waals surface area (Å²) in [5, 5.41) is 17.1. The van der Waals surface area contributed by atoms with Crippen LogP contribution in [0.15, 0.2) is 47.6 Å². The van der Waals surface area contributed by atoms with E-state index in [1.165, 1.54) is 5.01 Å². The summed E-state index contributed by atoms with van der Waals surface area (Å²) in [4.78, 5) is 25.2. The highest BCUT2D eigenvalue weighted by atomic mass is 16.5. The maximum absolute atomic E-state index is 12.8. The standard InChI is InChI=1S/C23H24N4O3/c1-16-8-9-17(2)21(14-16)27-22(28)11-10-20(26-27)23(29)25-18-6-5-7-19(15-18)30-13-4-3-12-24/h5-9,14-15H,3-4,10-11,13H2,1-2H3,(H,25,29). The minimum absolute atomic E-state index is 0.131. The zero-order valence-corrected chi connectivity index (χ0v) is 17.1. The number of rotatable bonds is 7. The van der Waals surface area contributed by atoms with Crippen molar-refractivity contribution in [1.82, 2.24) is 0 Å². The Morgan fingerprint density at radius 2 is 2.07 bits per heavy atom. The maximum Gasteiger partial charge on any atom is 0.271 e. The average molecular weight is 404 g/mol. The molecule has 2 amide bonds. The number of unbranched alkanes of at least 4 members (excludes halogenated alkanes) is 1. The molecule has 0 aliphatic carbocycles. The summed E-state index contributed by atoms with van der Waals surface area (Å²) in [6.07, 6.45) is 1.59. The lowest BCUT2D eigenvalue weighted by atomic mass is 10.1. The number of hydrogen-bond donors (Lipinski definition) is 1. The number of aryl methyl sites for hydroxylation is 2. The molecule has 0 aromatic heterocycles. The number of amides is 2. The molecular weight excluding hydrogens is 380 g/mol. The number of benzene rings is 2. The molecule has 30 heavy (non-hydrogen) atoms. The van der Waals surface area contributed by atoms with Gasteiger partial charge in [-0.2, -0.15) is 10.4 Å². The first kappa shape index (κ1) is 21.1. The van der Waals surface area contributed by atoms with Crippen LogP contribution in [0.25, 0.3) is 0 Å². The van der Waals surface area contributed by atoms with Gasteiger partial charge in [0.25, 0.3) is 5.91 Å². The van der Waals surface area contributed by atoms with E-state index in [2.05, 4.69) is 16.5 Å². The Kier molecular flexibility index (Phi) is 6.81. The molecule has 3 rings (SSSR count). The fourth-order valence-corrected chi connectivity index (χ4v) is 3.06. The van der Waals surface area contributed by atoms with Gasteiger partial charge in [0.15, 0.2) is 0 Å². The summed E-state index contributed by atoms with van der Waals surface area (Å²) in [5.74, 6) is 0.135. The van der Waals surface area contributed by atoms with Gasteiger partial charge >= 0.3 is 0 Å². The lowest BCUT2D eigenvalue weighted by Crippen LogP contribution is -2.36. The first-order valence-corrected chi connectivity index (χ1v) is 9.87. The lowest BCUT2D eigenvalue weighted by molar-refractivity contribution is -0.118. The first-order valence-electron chi connectivity index (χ1n) is 9.87. The monoisotopic (exact) mass is 404 g/mol. The third-order valence-corrected chi connectivity index (χ3v) is 4.68. The van der Waals surface area contributed by atoms with Crippen LogP contribution in [-0.2, 0) is 9.59 Å². The van der Waals surface area contributed by atoms with Gasteiger partial charge < -0.3 is 10.1 Å². The first-order chi connectivity index (χ1) is 14.5. The predicted molar refractivity (Wildman–Crippen MR) is 115 cm³/mol. The molecule has 0 fully saturated rings. The summed E-state index contributed by atoms with van der Waals surface area (Å²) in [5.41, 5.74) is 3.51. The molecule has 0 saturated carbocycles. The van der Waals surface area contributed by atoms with Gasteiger partial charge in [0.05, 0.1) is 18.4 Å². The number of hydrogen-bond acceptors (Lipinski definition) is 5. The van der Waals surface area contributed by atoms with E-state index >= 15 is 0 Å². The maximum atomic E-state index is 12.8. The number of nitrogens with one attached hydrogen (secondary N) is 1. The Hall–Kier alpha value is -3.66. The second kappa shape index (κ2) is 9.70. The molecule has 1 N–H and O–H groups in total. The van der Waals surface area contributed by atoms with Crippen LogP contribution in [0.5, 0.6) is 5.75 Å². The smallest absolute Gasteiger partial charge is 0.271 e. The molecule has 154 valence electrons. The predicted octanol–water partition coefficient (Wildman–Crippen LogP) is 4.11. The van der Waals surface area contributed by atoms with Gasteiger partial charge in [-0.15, -0.1) is 0 Å². The van der Waals surface area contributed by atoms with Crippen LogP contribution in [-0.4, -0.2) is 24.1 Å². The number of hydrazone groups is 1.